The van der Waals surface area contributed by atoms with Gasteiger partial charge in [-0.15, -0.1) is 0 Å². The summed E-state index contributed by atoms with van der Waals surface area (Å²) in [4.78, 5) is 18.7. The number of nitrogens with one attached hydrogen (secondary N) is 1. The summed E-state index contributed by atoms with van der Waals surface area (Å²) in [5, 5.41) is 3.53. The lowest BCUT2D eigenvalue weighted by Gasteiger charge is -2.32. The van der Waals surface area contributed by atoms with E-state index in [2.05, 4.69) is 10.3 Å². The van der Waals surface area contributed by atoms with Crippen molar-refractivity contribution in [2.75, 3.05) is 12.0 Å². The van der Waals surface area contributed by atoms with Gasteiger partial charge >= 0.3 is 0 Å². The molecule has 1 amide bonds. The minimum atomic E-state index is -0.834. The fourth-order valence-electron chi connectivity index (χ4n) is 2.58. The number of hydrogen-bond donors (Lipinski definition) is 2. The van der Waals surface area contributed by atoms with Crippen molar-refractivity contribution in [2.45, 2.75) is 26.1 Å². The SMILES string of the molecule is COc1ccc(N2C(N)=c3ccoc3=NC2C(=O)NC(C)C)cc1. The maximum atomic E-state index is 12.6. The second-order valence-electron chi connectivity index (χ2n) is 5.76. The van der Waals surface area contributed by atoms with Crippen LogP contribution in [0.2, 0.25) is 0 Å². The van der Waals surface area contributed by atoms with Crippen LogP contribution in [0.25, 0.3) is 5.82 Å². The van der Waals surface area contributed by atoms with Gasteiger partial charge in [0.15, 0.2) is 0 Å². The Hall–Kier alpha value is -2.96. The average molecular weight is 328 g/mol. The molecule has 24 heavy (non-hydrogen) atoms. The highest BCUT2D eigenvalue weighted by Crippen LogP contribution is 2.25. The van der Waals surface area contributed by atoms with Gasteiger partial charge in [0.2, 0.25) is 11.7 Å². The number of carbonyl (C=O) groups is 1. The van der Waals surface area contributed by atoms with Crippen molar-refractivity contribution in [1.29, 1.82) is 0 Å². The van der Waals surface area contributed by atoms with Crippen molar-refractivity contribution in [3.8, 4) is 5.75 Å². The molecule has 3 rings (SSSR count). The van der Waals surface area contributed by atoms with E-state index in [9.17, 15) is 4.79 Å². The number of ether oxygens (including phenoxy) is 1. The summed E-state index contributed by atoms with van der Waals surface area (Å²) >= 11 is 0. The third-order valence-corrected chi connectivity index (χ3v) is 3.68. The quantitative estimate of drug-likeness (QED) is 0.842. The van der Waals surface area contributed by atoms with E-state index in [-0.39, 0.29) is 11.9 Å². The van der Waals surface area contributed by atoms with Crippen LogP contribution < -0.4 is 31.5 Å². The molecular weight excluding hydrogens is 308 g/mol. The second-order valence-corrected chi connectivity index (χ2v) is 5.76. The van der Waals surface area contributed by atoms with Gasteiger partial charge in [-0.2, -0.15) is 0 Å². The molecule has 0 saturated carbocycles. The van der Waals surface area contributed by atoms with Gasteiger partial charge in [0, 0.05) is 11.7 Å². The lowest BCUT2D eigenvalue weighted by atomic mass is 10.2. The molecule has 0 fully saturated rings. The second kappa shape index (κ2) is 6.27. The number of fused-ring (bicyclic) bond motifs is 1. The molecule has 0 spiro atoms. The Morgan fingerprint density at radius 3 is 2.67 bits per heavy atom. The summed E-state index contributed by atoms with van der Waals surface area (Å²) in [6.45, 7) is 3.79. The molecule has 7 heteroatoms. The average Bonchev–Trinajstić information content (AvgIpc) is 3.03. The molecule has 3 N–H and O–H groups in total. The lowest BCUT2D eigenvalue weighted by Crippen LogP contribution is -2.54. The largest absolute Gasteiger partial charge is 0.497 e. The van der Waals surface area contributed by atoms with Gasteiger partial charge in [-0.05, 0) is 44.2 Å². The molecule has 1 aliphatic heterocycles. The van der Waals surface area contributed by atoms with Gasteiger partial charge in [-0.1, -0.05) is 0 Å². The summed E-state index contributed by atoms with van der Waals surface area (Å²) in [6, 6.07) is 9.02. The van der Waals surface area contributed by atoms with Crippen LogP contribution in [-0.2, 0) is 4.79 Å². The third kappa shape index (κ3) is 2.80. The van der Waals surface area contributed by atoms with Gasteiger partial charge in [0.25, 0.3) is 5.91 Å². The Morgan fingerprint density at radius 1 is 1.33 bits per heavy atom. The van der Waals surface area contributed by atoms with Crippen molar-refractivity contribution in [3.63, 3.8) is 0 Å². The first kappa shape index (κ1) is 15.9. The molecule has 1 aromatic carbocycles. The molecule has 0 aliphatic carbocycles. The number of carbonyl (C=O) groups excluding carboxylic acids is 1. The van der Waals surface area contributed by atoms with Crippen molar-refractivity contribution >= 4 is 17.4 Å². The van der Waals surface area contributed by atoms with Gasteiger partial charge in [0.05, 0.1) is 18.6 Å². The van der Waals surface area contributed by atoms with E-state index >= 15 is 0 Å². The Balaban J connectivity index is 2.09. The van der Waals surface area contributed by atoms with E-state index in [1.807, 2.05) is 38.1 Å². The van der Waals surface area contributed by atoms with Gasteiger partial charge in [-0.3, -0.25) is 9.69 Å². The molecule has 7 nitrogen and oxygen atoms in total. The topological polar surface area (TPSA) is 93.1 Å². The van der Waals surface area contributed by atoms with Crippen LogP contribution in [0.5, 0.6) is 5.75 Å². The van der Waals surface area contributed by atoms with Crippen LogP contribution in [0, 0.1) is 0 Å². The summed E-state index contributed by atoms with van der Waals surface area (Å²) in [5.74, 6) is 0.895. The predicted molar refractivity (Wildman–Crippen MR) is 89.6 cm³/mol. The zero-order valence-corrected chi connectivity index (χ0v) is 13.8. The highest BCUT2D eigenvalue weighted by molar-refractivity contribution is 5.89. The number of rotatable bonds is 4. The van der Waals surface area contributed by atoms with Crippen LogP contribution in [0.4, 0.5) is 5.69 Å². The summed E-state index contributed by atoms with van der Waals surface area (Å²) in [7, 11) is 1.60. The van der Waals surface area contributed by atoms with Crippen LogP contribution in [0.15, 0.2) is 46.0 Å². The van der Waals surface area contributed by atoms with Crippen molar-refractivity contribution in [3.05, 3.63) is 47.4 Å². The normalized spacial score (nSPS) is 16.6. The number of amides is 1. The smallest absolute Gasteiger partial charge is 0.266 e. The van der Waals surface area contributed by atoms with Crippen LogP contribution in [0.1, 0.15) is 13.8 Å². The Morgan fingerprint density at radius 2 is 2.04 bits per heavy atom. The number of methoxy groups -OCH3 is 1. The number of hydrogen-bond acceptors (Lipinski definition) is 6. The number of nitrogens with two attached hydrogens (primary N) is 1. The summed E-state index contributed by atoms with van der Waals surface area (Å²) in [5.41, 5.74) is 7.41. The first-order chi connectivity index (χ1) is 11.5. The van der Waals surface area contributed by atoms with E-state index in [4.69, 9.17) is 14.9 Å². The van der Waals surface area contributed by atoms with Crippen molar-refractivity contribution < 1.29 is 13.9 Å². The first-order valence-electron chi connectivity index (χ1n) is 7.66. The molecule has 0 saturated heterocycles. The highest BCUT2D eigenvalue weighted by atomic mass is 16.5. The van der Waals surface area contributed by atoms with E-state index in [1.165, 1.54) is 6.26 Å². The lowest BCUT2D eigenvalue weighted by molar-refractivity contribution is -0.122. The number of furan rings is 1. The van der Waals surface area contributed by atoms with Crippen LogP contribution in [0.3, 0.4) is 0 Å². The van der Waals surface area contributed by atoms with E-state index in [0.29, 0.717) is 16.6 Å². The molecule has 0 radical (unpaired) electrons. The molecule has 1 aliphatic rings. The number of anilines is 1. The molecule has 1 aromatic heterocycles. The summed E-state index contributed by atoms with van der Waals surface area (Å²) in [6.07, 6.45) is 0.676. The van der Waals surface area contributed by atoms with Gasteiger partial charge in [0.1, 0.15) is 11.6 Å². The molecule has 1 atom stereocenters. The molecule has 1 unspecified atom stereocenters. The Labute approximate surface area is 139 Å². The van der Waals surface area contributed by atoms with Crippen LogP contribution in [-0.4, -0.2) is 25.2 Å². The maximum absolute atomic E-state index is 12.6. The number of nitrogens with zero attached hydrogens (tertiary/aromatic N) is 2. The molecule has 126 valence electrons. The fourth-order valence-corrected chi connectivity index (χ4v) is 2.58. The summed E-state index contributed by atoms with van der Waals surface area (Å²) < 4.78 is 10.5. The van der Waals surface area contributed by atoms with E-state index in [1.54, 1.807) is 18.1 Å². The molecular formula is C17H20N4O3. The zero-order chi connectivity index (χ0) is 17.3. The third-order valence-electron chi connectivity index (χ3n) is 3.68. The van der Waals surface area contributed by atoms with Crippen LogP contribution >= 0.6 is 0 Å². The Kier molecular flexibility index (Phi) is 4.16. The van der Waals surface area contributed by atoms with Gasteiger partial charge in [-0.25, -0.2) is 4.99 Å². The minimum Gasteiger partial charge on any atom is -0.497 e. The van der Waals surface area contributed by atoms with Crippen molar-refractivity contribution in [1.82, 2.24) is 5.32 Å². The zero-order valence-electron chi connectivity index (χ0n) is 13.8. The first-order valence-corrected chi connectivity index (χ1v) is 7.66. The highest BCUT2D eigenvalue weighted by Gasteiger charge is 2.31. The molecule has 2 heterocycles. The maximum Gasteiger partial charge on any atom is 0.266 e. The molecule has 2 aromatic rings. The van der Waals surface area contributed by atoms with Crippen molar-refractivity contribution in [2.24, 2.45) is 10.7 Å². The fraction of sp³-hybridized carbons (Fsp3) is 0.294. The van der Waals surface area contributed by atoms with E-state index < -0.39 is 6.17 Å². The number of benzene rings is 1. The van der Waals surface area contributed by atoms with Gasteiger partial charge < -0.3 is 20.2 Å². The molecule has 0 bridgehead atoms. The van der Waals surface area contributed by atoms with E-state index in [0.717, 1.165) is 11.4 Å². The monoisotopic (exact) mass is 328 g/mol. The Bertz CT molecular complexity index is 855. The predicted octanol–water partition coefficient (Wildman–Crippen LogP) is 0.303. The standard InChI is InChI=1S/C17H20N4O3/c1-10(2)19-16(22)15-20-17-13(8-9-24-17)14(18)21(15)11-4-6-12(23-3)7-5-11/h4-10,15H,18H2,1-3H3,(H,19,22). The minimum absolute atomic E-state index is 0.00959.